The van der Waals surface area contributed by atoms with E-state index in [0.29, 0.717) is 12.0 Å². The van der Waals surface area contributed by atoms with Gasteiger partial charge in [0.1, 0.15) is 11.6 Å². The highest BCUT2D eigenvalue weighted by molar-refractivity contribution is 5.73. The van der Waals surface area contributed by atoms with E-state index in [2.05, 4.69) is 39.0 Å². The quantitative estimate of drug-likeness (QED) is 0.703. The van der Waals surface area contributed by atoms with Crippen LogP contribution in [-0.4, -0.2) is 62.8 Å². The van der Waals surface area contributed by atoms with E-state index < -0.39 is 12.1 Å². The van der Waals surface area contributed by atoms with Crippen molar-refractivity contribution in [2.45, 2.75) is 45.8 Å². The molecule has 10 heteroatoms. The fraction of sp³-hybridized carbons (Fsp3) is 0.524. The molecular weight excluding hydrogens is 411 g/mol. The molecule has 0 bridgehead atoms. The molecule has 0 aliphatic carbocycles. The molecular formula is C21H28F3N5O2. The average molecular weight is 439 g/mol. The summed E-state index contributed by atoms with van der Waals surface area (Å²) < 4.78 is 31.7. The summed E-state index contributed by atoms with van der Waals surface area (Å²) in [5.74, 6) is -0.404. The second-order valence-electron chi connectivity index (χ2n) is 7.49. The number of halogens is 3. The Bertz CT molecular complexity index is 849. The maximum Gasteiger partial charge on any atom is 0.490 e. The number of hydrogen-bond acceptors (Lipinski definition) is 6. The van der Waals surface area contributed by atoms with E-state index >= 15 is 0 Å². The second kappa shape index (κ2) is 11.0. The fourth-order valence-electron chi connectivity index (χ4n) is 3.24. The summed E-state index contributed by atoms with van der Waals surface area (Å²) in [5, 5.41) is 10.6. The van der Waals surface area contributed by atoms with Gasteiger partial charge in [0.05, 0.1) is 11.4 Å². The van der Waals surface area contributed by atoms with Gasteiger partial charge in [0.15, 0.2) is 0 Å². The van der Waals surface area contributed by atoms with Crippen molar-refractivity contribution in [2.75, 3.05) is 25.0 Å². The molecule has 3 heterocycles. The molecule has 0 aromatic carbocycles. The molecule has 1 saturated heterocycles. The third kappa shape index (κ3) is 7.78. The van der Waals surface area contributed by atoms with Crippen molar-refractivity contribution in [3.8, 4) is 11.4 Å². The molecule has 2 aromatic heterocycles. The van der Waals surface area contributed by atoms with Gasteiger partial charge in [0, 0.05) is 31.4 Å². The van der Waals surface area contributed by atoms with Crippen LogP contribution < -0.4 is 5.32 Å². The van der Waals surface area contributed by atoms with Gasteiger partial charge in [0.25, 0.3) is 0 Å². The Morgan fingerprint density at radius 3 is 2.61 bits per heavy atom. The number of hydrogen-bond donors (Lipinski definition) is 2. The van der Waals surface area contributed by atoms with Crippen molar-refractivity contribution >= 4 is 11.8 Å². The van der Waals surface area contributed by atoms with Crippen LogP contribution in [0, 0.1) is 12.8 Å². The predicted molar refractivity (Wildman–Crippen MR) is 112 cm³/mol. The van der Waals surface area contributed by atoms with Crippen LogP contribution >= 0.6 is 0 Å². The number of nitrogens with one attached hydrogen (secondary N) is 1. The Labute approximate surface area is 179 Å². The predicted octanol–water partition coefficient (Wildman–Crippen LogP) is 4.01. The number of aryl methyl sites for hydroxylation is 1. The number of aromatic nitrogens is 3. The minimum atomic E-state index is -5.08. The molecule has 0 saturated carbocycles. The first kappa shape index (κ1) is 24.5. The number of aliphatic carboxylic acids is 1. The van der Waals surface area contributed by atoms with Crippen LogP contribution in [0.1, 0.15) is 32.5 Å². The maximum atomic E-state index is 10.6. The lowest BCUT2D eigenvalue weighted by Gasteiger charge is -2.23. The summed E-state index contributed by atoms with van der Waals surface area (Å²) in [6.07, 6.45) is -0.810. The van der Waals surface area contributed by atoms with Gasteiger partial charge in [-0.3, -0.25) is 4.98 Å². The lowest BCUT2D eigenvalue weighted by Crippen LogP contribution is -2.31. The third-order valence-corrected chi connectivity index (χ3v) is 5.11. The number of pyridine rings is 1. The standard InChI is InChI=1S/C19H27N5.C2HF3O2/c1-4-14(2)24-10-8-16(13-24)12-21-19-11-18(22-15(3)23-19)17-7-5-6-9-20-17;3-2(4,5)1(6)7/h5-7,9,11,14,16H,4,8,10,12-13H2,1-3H3,(H,21,22,23);(H,6,7). The van der Waals surface area contributed by atoms with Crippen LogP contribution in [0.5, 0.6) is 0 Å². The Balaban J connectivity index is 0.000000423. The van der Waals surface area contributed by atoms with Crippen LogP contribution in [0.25, 0.3) is 11.4 Å². The van der Waals surface area contributed by atoms with E-state index in [4.69, 9.17) is 9.90 Å². The van der Waals surface area contributed by atoms with Crippen molar-refractivity contribution in [1.29, 1.82) is 0 Å². The van der Waals surface area contributed by atoms with E-state index in [9.17, 15) is 13.2 Å². The number of likely N-dealkylation sites (tertiary alicyclic amines) is 1. The molecule has 2 unspecified atom stereocenters. The van der Waals surface area contributed by atoms with E-state index in [1.807, 2.05) is 31.2 Å². The molecule has 170 valence electrons. The van der Waals surface area contributed by atoms with Crippen molar-refractivity contribution in [3.05, 3.63) is 36.3 Å². The molecule has 1 aliphatic heterocycles. The zero-order valence-electron chi connectivity index (χ0n) is 17.9. The van der Waals surface area contributed by atoms with Gasteiger partial charge in [-0.1, -0.05) is 13.0 Å². The smallest absolute Gasteiger partial charge is 0.475 e. The van der Waals surface area contributed by atoms with E-state index in [-0.39, 0.29) is 0 Å². The number of carboxylic acids is 1. The Hall–Kier alpha value is -2.75. The first-order chi connectivity index (χ1) is 14.6. The van der Waals surface area contributed by atoms with Gasteiger partial charge in [0.2, 0.25) is 0 Å². The van der Waals surface area contributed by atoms with Crippen LogP contribution in [0.15, 0.2) is 30.5 Å². The SMILES string of the molecule is CCC(C)N1CCC(CNc2cc(-c3ccccn3)nc(C)n2)C1.O=C(O)C(F)(F)F. The number of anilines is 1. The van der Waals surface area contributed by atoms with Crippen LogP contribution in [0.4, 0.5) is 19.0 Å². The first-order valence-electron chi connectivity index (χ1n) is 10.1. The van der Waals surface area contributed by atoms with Gasteiger partial charge in [-0.15, -0.1) is 0 Å². The number of carboxylic acid groups (broad SMARTS) is 1. The zero-order chi connectivity index (χ0) is 23.0. The van der Waals surface area contributed by atoms with Gasteiger partial charge in [-0.05, 0) is 51.3 Å². The Morgan fingerprint density at radius 2 is 2.03 bits per heavy atom. The highest BCUT2D eigenvalue weighted by atomic mass is 19.4. The highest BCUT2D eigenvalue weighted by Gasteiger charge is 2.38. The molecule has 7 nitrogen and oxygen atoms in total. The van der Waals surface area contributed by atoms with Gasteiger partial charge in [-0.25, -0.2) is 14.8 Å². The minimum absolute atomic E-state index is 0.687. The molecule has 0 radical (unpaired) electrons. The van der Waals surface area contributed by atoms with Gasteiger partial charge >= 0.3 is 12.1 Å². The third-order valence-electron chi connectivity index (χ3n) is 5.11. The van der Waals surface area contributed by atoms with Crippen molar-refractivity contribution in [3.63, 3.8) is 0 Å². The zero-order valence-corrected chi connectivity index (χ0v) is 17.9. The molecule has 2 aromatic rings. The summed E-state index contributed by atoms with van der Waals surface area (Å²) in [5.41, 5.74) is 1.76. The maximum absolute atomic E-state index is 10.6. The average Bonchev–Trinajstić information content (AvgIpc) is 3.21. The minimum Gasteiger partial charge on any atom is -0.475 e. The summed E-state index contributed by atoms with van der Waals surface area (Å²) in [6, 6.07) is 8.56. The van der Waals surface area contributed by atoms with Crippen molar-refractivity contribution in [1.82, 2.24) is 19.9 Å². The molecule has 0 amide bonds. The largest absolute Gasteiger partial charge is 0.490 e. The van der Waals surface area contributed by atoms with E-state index in [1.165, 1.54) is 25.9 Å². The monoisotopic (exact) mass is 439 g/mol. The Morgan fingerprint density at radius 1 is 1.32 bits per heavy atom. The lowest BCUT2D eigenvalue weighted by molar-refractivity contribution is -0.192. The molecule has 2 N–H and O–H groups in total. The molecule has 0 spiro atoms. The summed E-state index contributed by atoms with van der Waals surface area (Å²) in [6.45, 7) is 9.87. The number of nitrogens with zero attached hydrogens (tertiary/aromatic N) is 4. The van der Waals surface area contributed by atoms with Gasteiger partial charge in [-0.2, -0.15) is 13.2 Å². The highest BCUT2D eigenvalue weighted by Crippen LogP contribution is 2.22. The molecule has 1 aliphatic rings. The summed E-state index contributed by atoms with van der Waals surface area (Å²) >= 11 is 0. The number of carbonyl (C=O) groups is 1. The normalized spacial score (nSPS) is 17.5. The summed E-state index contributed by atoms with van der Waals surface area (Å²) in [4.78, 5) is 24.9. The lowest BCUT2D eigenvalue weighted by atomic mass is 10.1. The van der Waals surface area contributed by atoms with E-state index in [0.717, 1.165) is 29.6 Å². The Kier molecular flexibility index (Phi) is 8.73. The molecule has 31 heavy (non-hydrogen) atoms. The fourth-order valence-corrected chi connectivity index (χ4v) is 3.24. The molecule has 3 rings (SSSR count). The topological polar surface area (TPSA) is 91.2 Å². The van der Waals surface area contributed by atoms with Crippen LogP contribution in [0.3, 0.4) is 0 Å². The molecule has 1 fully saturated rings. The van der Waals surface area contributed by atoms with Crippen LogP contribution in [-0.2, 0) is 4.79 Å². The van der Waals surface area contributed by atoms with Crippen molar-refractivity contribution < 1.29 is 23.1 Å². The van der Waals surface area contributed by atoms with E-state index in [1.54, 1.807) is 6.20 Å². The number of alkyl halides is 3. The number of rotatable bonds is 6. The second-order valence-corrected chi connectivity index (χ2v) is 7.49. The molecule has 2 atom stereocenters. The van der Waals surface area contributed by atoms with Crippen LogP contribution in [0.2, 0.25) is 0 Å². The summed E-state index contributed by atoms with van der Waals surface area (Å²) in [7, 11) is 0. The van der Waals surface area contributed by atoms with Gasteiger partial charge < -0.3 is 15.3 Å². The van der Waals surface area contributed by atoms with Crippen molar-refractivity contribution in [2.24, 2.45) is 5.92 Å². The first-order valence-corrected chi connectivity index (χ1v) is 10.1.